The van der Waals surface area contributed by atoms with E-state index in [1.165, 1.54) is 4.90 Å². The topological polar surface area (TPSA) is 66.8 Å². The summed E-state index contributed by atoms with van der Waals surface area (Å²) < 4.78 is 5.37. The van der Waals surface area contributed by atoms with Crippen LogP contribution in [0.15, 0.2) is 108 Å². The van der Waals surface area contributed by atoms with E-state index in [2.05, 4.69) is 0 Å². The average molecular weight is 464 g/mol. The summed E-state index contributed by atoms with van der Waals surface area (Å²) in [6.45, 7) is 0. The molecule has 1 heterocycles. The first kappa shape index (κ1) is 22.4. The van der Waals surface area contributed by atoms with Gasteiger partial charge in [-0.3, -0.25) is 14.5 Å². The monoisotopic (exact) mass is 463 g/mol. The normalized spacial score (nSPS) is 15.6. The van der Waals surface area contributed by atoms with Gasteiger partial charge in [0, 0.05) is 18.2 Å². The summed E-state index contributed by atoms with van der Waals surface area (Å²) in [4.78, 5) is 28.5. The van der Waals surface area contributed by atoms with Crippen LogP contribution in [0.4, 0.5) is 5.69 Å². The molecule has 1 aliphatic heterocycles. The lowest BCUT2D eigenvalue weighted by Crippen LogP contribution is -2.31. The van der Waals surface area contributed by atoms with Gasteiger partial charge in [0.1, 0.15) is 5.75 Å². The van der Waals surface area contributed by atoms with E-state index in [9.17, 15) is 14.7 Å². The molecule has 174 valence electrons. The molecular weight excluding hydrogens is 438 g/mol. The fraction of sp³-hybridized carbons (Fsp3) is 0.133. The number of aliphatic hydroxyl groups is 1. The van der Waals surface area contributed by atoms with Crippen molar-refractivity contribution < 1.29 is 19.4 Å². The van der Waals surface area contributed by atoms with Gasteiger partial charge in [0.2, 0.25) is 0 Å². The van der Waals surface area contributed by atoms with Gasteiger partial charge in [-0.25, -0.2) is 0 Å². The second-order valence-corrected chi connectivity index (χ2v) is 8.52. The van der Waals surface area contributed by atoms with E-state index >= 15 is 0 Å². The number of anilines is 1. The Morgan fingerprint density at radius 2 is 1.63 bits per heavy atom. The molecule has 4 aromatic rings. The predicted molar refractivity (Wildman–Crippen MR) is 137 cm³/mol. The molecule has 35 heavy (non-hydrogen) atoms. The van der Waals surface area contributed by atoms with Crippen molar-refractivity contribution in [3.8, 4) is 5.75 Å². The van der Waals surface area contributed by atoms with Crippen LogP contribution in [0.3, 0.4) is 0 Å². The van der Waals surface area contributed by atoms with E-state index < -0.39 is 17.7 Å². The lowest BCUT2D eigenvalue weighted by Gasteiger charge is -2.28. The molecule has 0 radical (unpaired) electrons. The highest BCUT2D eigenvalue weighted by Gasteiger charge is 2.44. The molecule has 1 aliphatic rings. The second kappa shape index (κ2) is 9.47. The van der Waals surface area contributed by atoms with Gasteiger partial charge < -0.3 is 9.84 Å². The number of hydrogen-bond donors (Lipinski definition) is 1. The van der Waals surface area contributed by atoms with Crippen molar-refractivity contribution in [1.82, 2.24) is 0 Å². The molecule has 0 bridgehead atoms. The summed E-state index contributed by atoms with van der Waals surface area (Å²) in [6.07, 6.45) is 0.704. The van der Waals surface area contributed by atoms with Crippen LogP contribution in [0.2, 0.25) is 0 Å². The summed E-state index contributed by atoms with van der Waals surface area (Å²) in [5.41, 5.74) is 2.48. The number of Topliss-reactive ketones (excluding diaryl/α,β-unsaturated/α-hetero) is 1. The number of carbonyl (C=O) groups excluding carboxylic acids is 2. The quantitative estimate of drug-likeness (QED) is 0.368. The number of aryl methyl sites for hydroxylation is 1. The predicted octanol–water partition coefficient (Wildman–Crippen LogP) is 5.95. The summed E-state index contributed by atoms with van der Waals surface area (Å²) >= 11 is 0. The summed E-state index contributed by atoms with van der Waals surface area (Å²) in [5.74, 6) is -0.763. The molecule has 4 aromatic carbocycles. The highest BCUT2D eigenvalue weighted by Crippen LogP contribution is 2.44. The van der Waals surface area contributed by atoms with Crippen molar-refractivity contribution in [3.05, 3.63) is 120 Å². The van der Waals surface area contributed by atoms with Crippen LogP contribution in [0, 0.1) is 0 Å². The molecular formula is C30H25NO4. The van der Waals surface area contributed by atoms with E-state index in [1.807, 2.05) is 72.8 Å². The molecule has 0 aliphatic carbocycles. The minimum atomic E-state index is -0.760. The van der Waals surface area contributed by atoms with Crippen LogP contribution < -0.4 is 9.64 Å². The van der Waals surface area contributed by atoms with E-state index in [-0.39, 0.29) is 17.8 Å². The minimum Gasteiger partial charge on any atom is -0.503 e. The summed E-state index contributed by atoms with van der Waals surface area (Å²) in [7, 11) is 1.56. The third kappa shape index (κ3) is 4.17. The van der Waals surface area contributed by atoms with Crippen molar-refractivity contribution in [2.75, 3.05) is 12.0 Å². The number of nitrogens with zero attached hydrogens (tertiary/aromatic N) is 1. The Morgan fingerprint density at radius 1 is 0.914 bits per heavy atom. The zero-order valence-corrected chi connectivity index (χ0v) is 19.3. The Kier molecular flexibility index (Phi) is 6.06. The van der Waals surface area contributed by atoms with Crippen molar-refractivity contribution in [2.45, 2.75) is 18.9 Å². The van der Waals surface area contributed by atoms with E-state index in [4.69, 9.17) is 4.74 Å². The molecule has 5 nitrogen and oxygen atoms in total. The lowest BCUT2D eigenvalue weighted by atomic mass is 9.90. The van der Waals surface area contributed by atoms with Crippen molar-refractivity contribution in [2.24, 2.45) is 0 Å². The van der Waals surface area contributed by atoms with E-state index in [0.717, 1.165) is 21.9 Å². The molecule has 0 saturated carbocycles. The second-order valence-electron chi connectivity index (χ2n) is 8.52. The van der Waals surface area contributed by atoms with E-state index in [1.54, 1.807) is 31.4 Å². The van der Waals surface area contributed by atoms with Crippen molar-refractivity contribution in [3.63, 3.8) is 0 Å². The number of methoxy groups -OCH3 is 1. The molecule has 1 amide bonds. The highest BCUT2D eigenvalue weighted by molar-refractivity contribution is 6.17. The van der Waals surface area contributed by atoms with Crippen molar-refractivity contribution >= 4 is 28.2 Å². The Balaban J connectivity index is 1.62. The maximum atomic E-state index is 13.6. The first-order chi connectivity index (χ1) is 17.1. The number of carbonyl (C=O) groups is 2. The maximum absolute atomic E-state index is 13.6. The minimum absolute atomic E-state index is 0.130. The SMILES string of the molecule is COc1cccc(N2C(=O)C(O)=C(C(=O)CCc3ccccc3)C2c2cccc3ccccc23)c1. The number of amides is 1. The first-order valence-corrected chi connectivity index (χ1v) is 11.5. The first-order valence-electron chi connectivity index (χ1n) is 11.5. The molecule has 1 N–H and O–H groups in total. The molecule has 5 heteroatoms. The van der Waals surface area contributed by atoms with Crippen LogP contribution in [0.5, 0.6) is 5.75 Å². The van der Waals surface area contributed by atoms with Crippen LogP contribution in [0.25, 0.3) is 10.8 Å². The third-order valence-electron chi connectivity index (χ3n) is 6.44. The molecule has 5 rings (SSSR count). The fourth-order valence-electron chi connectivity index (χ4n) is 4.74. The highest BCUT2D eigenvalue weighted by atomic mass is 16.5. The Hall–Kier alpha value is -4.38. The number of benzene rings is 4. The third-order valence-corrected chi connectivity index (χ3v) is 6.44. The van der Waals surface area contributed by atoms with Gasteiger partial charge in [0.05, 0.1) is 18.7 Å². The number of aliphatic hydroxyl groups excluding tert-OH is 1. The van der Waals surface area contributed by atoms with Gasteiger partial charge in [0.15, 0.2) is 11.5 Å². The number of ketones is 1. The van der Waals surface area contributed by atoms with Crippen LogP contribution in [-0.4, -0.2) is 23.9 Å². The maximum Gasteiger partial charge on any atom is 0.294 e. The van der Waals surface area contributed by atoms with Gasteiger partial charge in [-0.05, 0) is 40.5 Å². The fourth-order valence-corrected chi connectivity index (χ4v) is 4.74. The standard InChI is InChI=1S/C30H25NO4/c1-35-23-14-8-13-22(19-23)31-28(25-16-7-12-21-11-5-6-15-24(21)25)27(29(33)30(31)34)26(32)18-17-20-9-3-2-4-10-20/h2-16,19,28,33H,17-18H2,1H3. The zero-order valence-electron chi connectivity index (χ0n) is 19.3. The van der Waals surface area contributed by atoms with Gasteiger partial charge >= 0.3 is 0 Å². The van der Waals surface area contributed by atoms with Crippen LogP contribution >= 0.6 is 0 Å². The Morgan fingerprint density at radius 3 is 2.43 bits per heavy atom. The van der Waals surface area contributed by atoms with Gasteiger partial charge in [-0.1, -0.05) is 78.9 Å². The molecule has 0 fully saturated rings. The Bertz CT molecular complexity index is 1440. The van der Waals surface area contributed by atoms with Crippen LogP contribution in [0.1, 0.15) is 23.6 Å². The van der Waals surface area contributed by atoms with E-state index in [0.29, 0.717) is 17.9 Å². The summed E-state index contributed by atoms with van der Waals surface area (Å²) in [6, 6.07) is 29.7. The molecule has 0 spiro atoms. The Labute approximate surface area is 203 Å². The average Bonchev–Trinajstić information content (AvgIpc) is 3.17. The number of fused-ring (bicyclic) bond motifs is 1. The molecule has 1 atom stereocenters. The van der Waals surface area contributed by atoms with Gasteiger partial charge in [0.25, 0.3) is 5.91 Å². The van der Waals surface area contributed by atoms with Gasteiger partial charge in [-0.2, -0.15) is 0 Å². The summed E-state index contributed by atoms with van der Waals surface area (Å²) in [5, 5.41) is 12.9. The van der Waals surface area contributed by atoms with Crippen molar-refractivity contribution in [1.29, 1.82) is 0 Å². The van der Waals surface area contributed by atoms with Crippen LogP contribution in [-0.2, 0) is 16.0 Å². The largest absolute Gasteiger partial charge is 0.503 e. The molecule has 0 aromatic heterocycles. The zero-order chi connectivity index (χ0) is 24.4. The number of ether oxygens (including phenoxy) is 1. The number of rotatable bonds is 7. The smallest absolute Gasteiger partial charge is 0.294 e. The lowest BCUT2D eigenvalue weighted by molar-refractivity contribution is -0.118. The van der Waals surface area contributed by atoms with Gasteiger partial charge in [-0.15, -0.1) is 0 Å². The number of hydrogen-bond acceptors (Lipinski definition) is 4. The molecule has 0 saturated heterocycles. The molecule has 1 unspecified atom stereocenters.